The average Bonchev–Trinajstić information content (AvgIpc) is 3.06. The molecule has 0 unspecified atom stereocenters. The maximum Gasteiger partial charge on any atom is 0.344 e. The number of carbonyl (C=O) groups excluding carboxylic acids is 1. The van der Waals surface area contributed by atoms with Crippen molar-refractivity contribution in [2.24, 2.45) is 0 Å². The number of imidazole rings is 1. The second-order valence-corrected chi connectivity index (χ2v) is 6.07. The van der Waals surface area contributed by atoms with E-state index in [0.29, 0.717) is 5.69 Å². The molecule has 0 aliphatic heterocycles. The molecule has 0 aliphatic rings. The lowest BCUT2D eigenvalue weighted by Gasteiger charge is -2.04. The molecule has 23 heavy (non-hydrogen) atoms. The van der Waals surface area contributed by atoms with Gasteiger partial charge in [-0.1, -0.05) is 29.6 Å². The van der Waals surface area contributed by atoms with E-state index < -0.39 is 10.8 Å². The summed E-state index contributed by atoms with van der Waals surface area (Å²) in [5.74, 6) is -0.483. The zero-order chi connectivity index (χ0) is 16.6. The van der Waals surface area contributed by atoms with Gasteiger partial charge in [0, 0.05) is 30.0 Å². The Labute approximate surface area is 139 Å². The highest BCUT2D eigenvalue weighted by Gasteiger charge is 2.23. The predicted molar refractivity (Wildman–Crippen MR) is 88.8 cm³/mol. The fourth-order valence-corrected chi connectivity index (χ4v) is 3.35. The molecule has 1 amide bonds. The van der Waals surface area contributed by atoms with E-state index in [1.54, 1.807) is 0 Å². The number of aromatic nitrogens is 2. The van der Waals surface area contributed by atoms with E-state index in [2.05, 4.69) is 10.3 Å². The van der Waals surface area contributed by atoms with Crippen LogP contribution in [-0.2, 0) is 0 Å². The molecule has 2 aromatic heterocycles. The molecule has 0 fully saturated rings. The van der Waals surface area contributed by atoms with Crippen molar-refractivity contribution in [2.45, 2.75) is 6.92 Å². The van der Waals surface area contributed by atoms with Crippen LogP contribution in [0.4, 0.5) is 5.69 Å². The number of thiazole rings is 1. The van der Waals surface area contributed by atoms with E-state index in [1.807, 2.05) is 22.9 Å². The van der Waals surface area contributed by atoms with Gasteiger partial charge in [0.1, 0.15) is 11.9 Å². The van der Waals surface area contributed by atoms with Gasteiger partial charge in [-0.05, 0) is 6.07 Å². The van der Waals surface area contributed by atoms with Crippen molar-refractivity contribution in [2.75, 3.05) is 0 Å². The van der Waals surface area contributed by atoms with Crippen LogP contribution in [0, 0.1) is 17.0 Å². The predicted octanol–water partition coefficient (Wildman–Crippen LogP) is 2.14. The van der Waals surface area contributed by atoms with Gasteiger partial charge in [0.25, 0.3) is 11.6 Å². The van der Waals surface area contributed by atoms with E-state index >= 15 is 0 Å². The molecule has 1 aromatic carbocycles. The summed E-state index contributed by atoms with van der Waals surface area (Å²) in [6.45, 7) is 1.86. The van der Waals surface area contributed by atoms with Crippen molar-refractivity contribution >= 4 is 45.1 Å². The molecule has 3 aromatic rings. The summed E-state index contributed by atoms with van der Waals surface area (Å²) in [4.78, 5) is 26.9. The lowest BCUT2D eigenvalue weighted by molar-refractivity contribution is -0.507. The number of aromatic amines is 1. The lowest BCUT2D eigenvalue weighted by atomic mass is 10.2. The number of rotatable bonds is 3. The van der Waals surface area contributed by atoms with Gasteiger partial charge < -0.3 is 5.32 Å². The van der Waals surface area contributed by atoms with Crippen molar-refractivity contribution in [3.05, 3.63) is 62.9 Å². The molecule has 2 heterocycles. The van der Waals surface area contributed by atoms with Gasteiger partial charge in [0.2, 0.25) is 5.69 Å². The van der Waals surface area contributed by atoms with Crippen molar-refractivity contribution in [3.63, 3.8) is 0 Å². The summed E-state index contributed by atoms with van der Waals surface area (Å²) in [5.41, 5.74) is 1.56. The van der Waals surface area contributed by atoms with E-state index in [9.17, 15) is 14.9 Å². The third-order valence-electron chi connectivity index (χ3n) is 3.26. The number of non-ortho nitro benzene ring substituents is 1. The number of benzene rings is 1. The molecule has 0 radical (unpaired) electrons. The van der Waals surface area contributed by atoms with Crippen LogP contribution < -0.4 is 9.72 Å². The number of hydrogen-bond donors (Lipinski definition) is 2. The van der Waals surface area contributed by atoms with Crippen LogP contribution in [0.1, 0.15) is 21.7 Å². The number of aryl methyl sites for hydroxylation is 1. The molecule has 0 saturated carbocycles. The number of carbonyl (C=O) groups is 1. The largest absolute Gasteiger partial charge is 0.344 e. The van der Waals surface area contributed by atoms with Crippen LogP contribution >= 0.6 is 23.6 Å². The first-order valence-electron chi connectivity index (χ1n) is 6.55. The van der Waals surface area contributed by atoms with Crippen molar-refractivity contribution in [3.8, 4) is 0 Å². The van der Waals surface area contributed by atoms with Crippen LogP contribution in [0.2, 0.25) is 0 Å². The third-order valence-corrected chi connectivity index (χ3v) is 4.34. The minimum Gasteiger partial charge on any atom is -0.309 e. The summed E-state index contributed by atoms with van der Waals surface area (Å²) < 4.78 is 1.86. The molecule has 0 atom stereocenters. The molecule has 0 saturated heterocycles. The fourth-order valence-electron chi connectivity index (χ4n) is 2.22. The Hall–Kier alpha value is -2.65. The standard InChI is InChI=1S/C14H10N4O3S2/c1-8-11(17-5-6-23-14(17)15-8)13(22)16-12(19)9-3-2-4-10(7-9)18(20)21/h2-7H,1H3,(H,16,19,22)/p+1. The summed E-state index contributed by atoms with van der Waals surface area (Å²) in [6, 6.07) is 5.51. The van der Waals surface area contributed by atoms with Crippen molar-refractivity contribution in [1.82, 2.24) is 10.3 Å². The number of nitro groups is 1. The molecule has 3 rings (SSSR count). The van der Waals surface area contributed by atoms with Gasteiger partial charge in [-0.15, -0.1) is 0 Å². The molecule has 0 aliphatic carbocycles. The Morgan fingerprint density at radius 1 is 1.48 bits per heavy atom. The number of nitrogens with zero attached hydrogens (tertiary/aromatic N) is 2. The van der Waals surface area contributed by atoms with E-state index in [0.717, 1.165) is 10.7 Å². The van der Waals surface area contributed by atoms with Gasteiger partial charge in [0.05, 0.1) is 4.92 Å². The maximum absolute atomic E-state index is 12.3. The minimum atomic E-state index is -0.545. The highest BCUT2D eigenvalue weighted by Crippen LogP contribution is 2.14. The highest BCUT2D eigenvalue weighted by atomic mass is 32.1. The SMILES string of the molecule is Cc1[nH]c2scc[n+]2c1C(=S)NC(=O)c1cccc([N+](=O)[O-])c1. The first-order chi connectivity index (χ1) is 11.0. The van der Waals surface area contributed by atoms with Gasteiger partial charge in [-0.3, -0.25) is 14.9 Å². The summed E-state index contributed by atoms with van der Waals surface area (Å²) in [7, 11) is 0. The first kappa shape index (κ1) is 15.3. The zero-order valence-corrected chi connectivity index (χ0v) is 13.5. The summed E-state index contributed by atoms with van der Waals surface area (Å²) in [6.07, 6.45) is 1.85. The molecule has 2 N–H and O–H groups in total. The Bertz CT molecular complexity index is 945. The number of H-pyrrole nitrogens is 1. The average molecular weight is 347 g/mol. The first-order valence-corrected chi connectivity index (χ1v) is 7.83. The monoisotopic (exact) mass is 347 g/mol. The van der Waals surface area contributed by atoms with Crippen molar-refractivity contribution < 1.29 is 14.1 Å². The Morgan fingerprint density at radius 3 is 3.00 bits per heavy atom. The number of amides is 1. The number of nitrogens with one attached hydrogen (secondary N) is 2. The Morgan fingerprint density at radius 2 is 2.26 bits per heavy atom. The Balaban J connectivity index is 1.86. The van der Waals surface area contributed by atoms with Crippen LogP contribution in [0.25, 0.3) is 4.96 Å². The topological polar surface area (TPSA) is 92.1 Å². The normalized spacial score (nSPS) is 10.7. The maximum atomic E-state index is 12.3. The fraction of sp³-hybridized carbons (Fsp3) is 0.0714. The van der Waals surface area contributed by atoms with Crippen molar-refractivity contribution in [1.29, 1.82) is 0 Å². The smallest absolute Gasteiger partial charge is 0.309 e. The molecule has 0 bridgehead atoms. The number of thiocarbonyl (C=S) groups is 1. The Kier molecular flexibility index (Phi) is 3.89. The number of hydrogen-bond acceptors (Lipinski definition) is 5. The highest BCUT2D eigenvalue weighted by molar-refractivity contribution is 7.80. The molecular formula is C14H11N4O3S2+. The van der Waals surface area contributed by atoms with Crippen LogP contribution in [0.5, 0.6) is 0 Å². The third kappa shape index (κ3) is 2.83. The minimum absolute atomic E-state index is 0.143. The summed E-state index contributed by atoms with van der Waals surface area (Å²) >= 11 is 6.83. The second-order valence-electron chi connectivity index (χ2n) is 4.77. The van der Waals surface area contributed by atoms with E-state index in [4.69, 9.17) is 12.2 Å². The van der Waals surface area contributed by atoms with Gasteiger partial charge in [-0.2, -0.15) is 4.40 Å². The van der Waals surface area contributed by atoms with E-state index in [-0.39, 0.29) is 16.2 Å². The molecule has 7 nitrogen and oxygen atoms in total. The second kappa shape index (κ2) is 5.86. The number of fused-ring (bicyclic) bond motifs is 1. The van der Waals surface area contributed by atoms with Crippen LogP contribution in [0.15, 0.2) is 35.8 Å². The zero-order valence-electron chi connectivity index (χ0n) is 11.9. The van der Waals surface area contributed by atoms with Gasteiger partial charge in [-0.25, -0.2) is 4.98 Å². The molecule has 9 heteroatoms. The van der Waals surface area contributed by atoms with Gasteiger partial charge >= 0.3 is 4.96 Å². The van der Waals surface area contributed by atoms with E-state index in [1.165, 1.54) is 35.6 Å². The van der Waals surface area contributed by atoms with Crippen LogP contribution in [-0.4, -0.2) is 20.8 Å². The molecule has 116 valence electrons. The molecule has 0 spiro atoms. The number of nitro benzene ring substituents is 1. The lowest BCUT2D eigenvalue weighted by Crippen LogP contribution is -2.36. The van der Waals surface area contributed by atoms with Crippen LogP contribution in [0.3, 0.4) is 0 Å². The molecular weight excluding hydrogens is 336 g/mol. The summed E-state index contributed by atoms with van der Waals surface area (Å²) in [5, 5.41) is 15.3. The quantitative estimate of drug-likeness (QED) is 0.329. The van der Waals surface area contributed by atoms with Gasteiger partial charge in [0.15, 0.2) is 4.99 Å².